The van der Waals surface area contributed by atoms with E-state index in [-0.39, 0.29) is 5.91 Å². The molecule has 3 nitrogen and oxygen atoms in total. The van der Waals surface area contributed by atoms with Gasteiger partial charge in [-0.1, -0.05) is 11.6 Å². The summed E-state index contributed by atoms with van der Waals surface area (Å²) in [5.41, 5.74) is 0.546. The van der Waals surface area contributed by atoms with Crippen molar-refractivity contribution in [1.82, 2.24) is 5.32 Å². The Hall–Kier alpha value is -1.22. The number of halogens is 1. The third-order valence-electron chi connectivity index (χ3n) is 8.04. The molecule has 6 bridgehead atoms. The third kappa shape index (κ3) is 1.35. The van der Waals surface area contributed by atoms with Gasteiger partial charge in [0.2, 0.25) is 0 Å². The highest BCUT2D eigenvalue weighted by molar-refractivity contribution is 6.33. The molecule has 8 unspecified atom stereocenters. The number of ether oxygens (including phenoxy) is 1. The molecule has 6 aliphatic carbocycles. The number of carbonyl (C=O) groups is 1. The van der Waals surface area contributed by atoms with E-state index in [1.165, 1.54) is 12.8 Å². The third-order valence-corrected chi connectivity index (χ3v) is 8.37. The fourth-order valence-corrected chi connectivity index (χ4v) is 8.05. The summed E-state index contributed by atoms with van der Waals surface area (Å²) in [7, 11) is 1.61. The van der Waals surface area contributed by atoms with E-state index in [0.717, 1.165) is 47.3 Å². The Balaban J connectivity index is 1.31. The normalized spacial score (nSPS) is 49.6. The van der Waals surface area contributed by atoms with Crippen molar-refractivity contribution in [3.8, 4) is 5.75 Å². The Morgan fingerprint density at radius 3 is 2.35 bits per heavy atom. The zero-order chi connectivity index (χ0) is 15.5. The lowest BCUT2D eigenvalue weighted by Crippen LogP contribution is -2.39. The van der Waals surface area contributed by atoms with Crippen LogP contribution in [0.2, 0.25) is 5.02 Å². The number of amides is 1. The van der Waals surface area contributed by atoms with E-state index in [9.17, 15) is 4.79 Å². The van der Waals surface area contributed by atoms with Crippen LogP contribution in [0, 0.1) is 47.3 Å². The average molecular weight is 330 g/mol. The fourth-order valence-electron chi connectivity index (χ4n) is 7.85. The lowest BCUT2D eigenvalue weighted by atomic mass is 9.71. The molecule has 6 aliphatic rings. The van der Waals surface area contributed by atoms with Gasteiger partial charge in [0.05, 0.1) is 17.7 Å². The largest absolute Gasteiger partial charge is 0.497 e. The summed E-state index contributed by atoms with van der Waals surface area (Å²) in [6.45, 7) is 0. The van der Waals surface area contributed by atoms with E-state index < -0.39 is 0 Å². The first-order chi connectivity index (χ1) is 11.2. The van der Waals surface area contributed by atoms with E-state index >= 15 is 0 Å². The maximum atomic E-state index is 12.8. The van der Waals surface area contributed by atoms with Crippen molar-refractivity contribution in [3.63, 3.8) is 0 Å². The summed E-state index contributed by atoms with van der Waals surface area (Å²) < 4.78 is 5.24. The second-order valence-corrected chi connectivity index (χ2v) is 8.69. The summed E-state index contributed by atoms with van der Waals surface area (Å²) in [4.78, 5) is 12.8. The van der Waals surface area contributed by atoms with Crippen molar-refractivity contribution in [2.24, 2.45) is 47.3 Å². The molecular formula is C19H20ClNO2. The van der Waals surface area contributed by atoms with E-state index in [2.05, 4.69) is 5.32 Å². The van der Waals surface area contributed by atoms with Crippen LogP contribution in [0.3, 0.4) is 0 Å². The average Bonchev–Trinajstić information content (AvgIpc) is 3.27. The van der Waals surface area contributed by atoms with Crippen LogP contribution in [0.15, 0.2) is 18.2 Å². The number of methoxy groups -OCH3 is 1. The second kappa shape index (κ2) is 4.05. The number of hydrogen-bond donors (Lipinski definition) is 1. The zero-order valence-corrected chi connectivity index (χ0v) is 13.8. The zero-order valence-electron chi connectivity index (χ0n) is 13.0. The maximum Gasteiger partial charge on any atom is 0.253 e. The molecule has 0 spiro atoms. The van der Waals surface area contributed by atoms with Gasteiger partial charge >= 0.3 is 0 Å². The highest BCUT2D eigenvalue weighted by atomic mass is 35.5. The van der Waals surface area contributed by atoms with Gasteiger partial charge in [-0.2, -0.15) is 0 Å². The first-order valence-electron chi connectivity index (χ1n) is 8.83. The van der Waals surface area contributed by atoms with Crippen LogP contribution in [0.1, 0.15) is 23.2 Å². The van der Waals surface area contributed by atoms with E-state index in [1.54, 1.807) is 25.3 Å². The van der Waals surface area contributed by atoms with Gasteiger partial charge in [0, 0.05) is 6.04 Å². The minimum Gasteiger partial charge on any atom is -0.497 e. The van der Waals surface area contributed by atoms with E-state index in [1.807, 2.05) is 0 Å². The first kappa shape index (κ1) is 13.1. The molecule has 1 aromatic carbocycles. The number of rotatable bonds is 3. The van der Waals surface area contributed by atoms with Crippen LogP contribution in [0.4, 0.5) is 0 Å². The van der Waals surface area contributed by atoms with E-state index in [4.69, 9.17) is 16.3 Å². The molecule has 0 radical (unpaired) electrons. The summed E-state index contributed by atoms with van der Waals surface area (Å²) in [5, 5.41) is 3.89. The molecule has 7 rings (SSSR count). The number of benzene rings is 1. The van der Waals surface area contributed by atoms with Gasteiger partial charge in [0.25, 0.3) is 5.91 Å². The van der Waals surface area contributed by atoms with Crippen LogP contribution in [0.5, 0.6) is 5.75 Å². The van der Waals surface area contributed by atoms with Crippen LogP contribution < -0.4 is 10.1 Å². The highest BCUT2D eigenvalue weighted by Crippen LogP contribution is 2.82. The predicted octanol–water partition coefficient (Wildman–Crippen LogP) is 3.22. The van der Waals surface area contributed by atoms with Crippen LogP contribution in [-0.2, 0) is 0 Å². The number of hydrogen-bond acceptors (Lipinski definition) is 2. The molecule has 6 fully saturated rings. The lowest BCUT2D eigenvalue weighted by molar-refractivity contribution is 0.0923. The van der Waals surface area contributed by atoms with Gasteiger partial charge in [0.1, 0.15) is 5.75 Å². The SMILES string of the molecule is COc1ccc(Cl)c(C(=O)NC2C3C4CC5C6CC(C53)C2C64)c1. The molecule has 6 saturated carbocycles. The Kier molecular flexibility index (Phi) is 2.31. The van der Waals surface area contributed by atoms with Crippen molar-refractivity contribution in [3.05, 3.63) is 28.8 Å². The molecule has 1 aromatic rings. The smallest absolute Gasteiger partial charge is 0.253 e. The van der Waals surface area contributed by atoms with Gasteiger partial charge in [-0.15, -0.1) is 0 Å². The van der Waals surface area contributed by atoms with Crippen LogP contribution >= 0.6 is 11.6 Å². The molecule has 120 valence electrons. The number of carbonyl (C=O) groups excluding carboxylic acids is 1. The van der Waals surface area contributed by atoms with Crippen LogP contribution in [0.25, 0.3) is 0 Å². The van der Waals surface area contributed by atoms with Crippen molar-refractivity contribution in [2.75, 3.05) is 7.11 Å². The van der Waals surface area contributed by atoms with Crippen molar-refractivity contribution >= 4 is 17.5 Å². The molecule has 0 aromatic heterocycles. The van der Waals surface area contributed by atoms with Gasteiger partial charge < -0.3 is 10.1 Å². The van der Waals surface area contributed by atoms with Crippen LogP contribution in [-0.4, -0.2) is 19.1 Å². The molecule has 0 aliphatic heterocycles. The standard InChI is InChI=1S/C19H20ClNO2/c1-23-7-2-3-13(20)10(4-7)19(22)21-18-16-11-5-8-9-6-12(14(8)16)17(18)15(9)11/h2-4,8-9,11-12,14-18H,5-6H2,1H3,(H,21,22). The summed E-state index contributed by atoms with van der Waals surface area (Å²) in [6, 6.07) is 5.69. The Bertz CT molecular complexity index is 706. The Labute approximate surface area is 140 Å². The van der Waals surface area contributed by atoms with Crippen molar-refractivity contribution in [2.45, 2.75) is 18.9 Å². The monoisotopic (exact) mass is 329 g/mol. The van der Waals surface area contributed by atoms with Gasteiger partial charge in [0.15, 0.2) is 0 Å². The summed E-state index contributed by atoms with van der Waals surface area (Å²) in [5.74, 6) is 7.83. The quantitative estimate of drug-likeness (QED) is 0.924. The first-order valence-corrected chi connectivity index (χ1v) is 9.21. The van der Waals surface area contributed by atoms with Gasteiger partial charge in [-0.3, -0.25) is 4.79 Å². The van der Waals surface area contributed by atoms with Crippen molar-refractivity contribution < 1.29 is 9.53 Å². The van der Waals surface area contributed by atoms with Crippen molar-refractivity contribution in [1.29, 1.82) is 0 Å². The molecular weight excluding hydrogens is 310 g/mol. The Morgan fingerprint density at radius 1 is 1.09 bits per heavy atom. The summed E-state index contributed by atoms with van der Waals surface area (Å²) in [6.07, 6.45) is 2.90. The molecule has 1 N–H and O–H groups in total. The maximum absolute atomic E-state index is 12.8. The molecule has 0 saturated heterocycles. The molecule has 8 atom stereocenters. The summed E-state index contributed by atoms with van der Waals surface area (Å²) >= 11 is 6.25. The molecule has 1 amide bonds. The van der Waals surface area contributed by atoms with Gasteiger partial charge in [-0.05, 0) is 78.4 Å². The van der Waals surface area contributed by atoms with Gasteiger partial charge in [-0.25, -0.2) is 0 Å². The second-order valence-electron chi connectivity index (χ2n) is 8.28. The molecule has 0 heterocycles. The highest BCUT2D eigenvalue weighted by Gasteiger charge is 2.80. The molecule has 4 heteroatoms. The Morgan fingerprint density at radius 2 is 1.74 bits per heavy atom. The minimum atomic E-state index is -0.0218. The predicted molar refractivity (Wildman–Crippen MR) is 86.4 cm³/mol. The number of nitrogens with one attached hydrogen (secondary N) is 1. The minimum absolute atomic E-state index is 0.0218. The lowest BCUT2D eigenvalue weighted by Gasteiger charge is -2.33. The topological polar surface area (TPSA) is 38.3 Å². The molecule has 23 heavy (non-hydrogen) atoms. The van der Waals surface area contributed by atoms with E-state index in [0.29, 0.717) is 22.4 Å². The fraction of sp³-hybridized carbons (Fsp3) is 0.632.